The van der Waals surface area contributed by atoms with Gasteiger partial charge >= 0.3 is 12.4 Å². The van der Waals surface area contributed by atoms with E-state index in [1.807, 2.05) is 5.10 Å². The zero-order chi connectivity index (χ0) is 17.1. The average Bonchev–Trinajstić information content (AvgIpc) is 2.83. The van der Waals surface area contributed by atoms with Crippen LogP contribution in [-0.2, 0) is 0 Å². The van der Waals surface area contributed by atoms with E-state index >= 15 is 0 Å². The molecular formula is C11H6ClF3N4O4. The van der Waals surface area contributed by atoms with Crippen LogP contribution in [0, 0.1) is 15.9 Å². The maximum atomic E-state index is 13.1. The van der Waals surface area contributed by atoms with Gasteiger partial charge in [0.1, 0.15) is 5.82 Å². The second kappa shape index (κ2) is 6.52. The Kier molecular flexibility index (Phi) is 4.69. The van der Waals surface area contributed by atoms with Crippen LogP contribution in [0.4, 0.5) is 24.7 Å². The highest BCUT2D eigenvalue weighted by Gasteiger charge is 2.26. The van der Waals surface area contributed by atoms with Crippen molar-refractivity contribution in [2.45, 2.75) is 6.61 Å². The number of nitrogens with one attached hydrogen (secondary N) is 2. The summed E-state index contributed by atoms with van der Waals surface area (Å²) in [7, 11) is 0. The van der Waals surface area contributed by atoms with Crippen LogP contribution in [0.5, 0.6) is 5.75 Å². The Bertz CT molecular complexity index is 768. The number of rotatable bonds is 5. The standard InChI is InChI=1S/C11H6ClF3N4O4/c12-7-8(17-18-9(7)19(21)22)10(20)16-5-2-1-4(13)3-6(5)23-11(14)15/h1-3,11H,(H,16,20)(H,17,18). The molecule has 23 heavy (non-hydrogen) atoms. The molecule has 0 spiro atoms. The van der Waals surface area contributed by atoms with Gasteiger partial charge in [0.25, 0.3) is 5.91 Å². The number of ether oxygens (including phenoxy) is 1. The van der Waals surface area contributed by atoms with Gasteiger partial charge in [0.2, 0.25) is 0 Å². The van der Waals surface area contributed by atoms with Crippen LogP contribution < -0.4 is 10.1 Å². The molecule has 0 atom stereocenters. The van der Waals surface area contributed by atoms with E-state index in [2.05, 4.69) is 15.2 Å². The molecule has 1 aromatic carbocycles. The van der Waals surface area contributed by atoms with E-state index in [0.29, 0.717) is 6.07 Å². The number of H-pyrrole nitrogens is 1. The predicted molar refractivity (Wildman–Crippen MR) is 71.2 cm³/mol. The molecule has 122 valence electrons. The van der Waals surface area contributed by atoms with E-state index in [9.17, 15) is 28.1 Å². The van der Waals surface area contributed by atoms with Crippen molar-refractivity contribution in [3.05, 3.63) is 44.8 Å². The third kappa shape index (κ3) is 3.69. The first-order chi connectivity index (χ1) is 10.8. The molecule has 8 nitrogen and oxygen atoms in total. The normalized spacial score (nSPS) is 10.7. The lowest BCUT2D eigenvalue weighted by molar-refractivity contribution is -0.389. The number of anilines is 1. The van der Waals surface area contributed by atoms with Gasteiger partial charge in [-0.2, -0.15) is 8.78 Å². The van der Waals surface area contributed by atoms with Crippen molar-refractivity contribution >= 4 is 29.0 Å². The Morgan fingerprint density at radius 3 is 2.74 bits per heavy atom. The Morgan fingerprint density at radius 1 is 1.48 bits per heavy atom. The summed E-state index contributed by atoms with van der Waals surface area (Å²) in [4.78, 5) is 21.7. The lowest BCUT2D eigenvalue weighted by Crippen LogP contribution is -2.15. The minimum absolute atomic E-state index is 0.293. The molecule has 0 bridgehead atoms. The number of carbonyl (C=O) groups excluding carboxylic acids is 1. The summed E-state index contributed by atoms with van der Waals surface area (Å²) in [5, 5.41) is 17.4. The number of benzene rings is 1. The molecule has 0 aliphatic rings. The maximum absolute atomic E-state index is 13.1. The van der Waals surface area contributed by atoms with E-state index in [-0.39, 0.29) is 5.69 Å². The number of carbonyl (C=O) groups is 1. The molecule has 0 radical (unpaired) electrons. The van der Waals surface area contributed by atoms with Crippen molar-refractivity contribution < 1.29 is 27.6 Å². The van der Waals surface area contributed by atoms with Gasteiger partial charge in [-0.1, -0.05) is 16.7 Å². The fourth-order valence-electron chi connectivity index (χ4n) is 1.57. The van der Waals surface area contributed by atoms with Crippen LogP contribution in [-0.4, -0.2) is 27.6 Å². The predicted octanol–water partition coefficient (Wildman–Crippen LogP) is 2.96. The van der Waals surface area contributed by atoms with E-state index in [0.717, 1.165) is 12.1 Å². The summed E-state index contributed by atoms with van der Waals surface area (Å²) >= 11 is 5.62. The summed E-state index contributed by atoms with van der Waals surface area (Å²) in [6, 6.07) is 2.50. The number of amides is 1. The van der Waals surface area contributed by atoms with Crippen LogP contribution in [0.25, 0.3) is 0 Å². The summed E-state index contributed by atoms with van der Waals surface area (Å²) in [5.74, 6) is -3.24. The first-order valence-electron chi connectivity index (χ1n) is 5.73. The van der Waals surface area contributed by atoms with Crippen molar-refractivity contribution in [3.8, 4) is 5.75 Å². The number of nitro groups is 1. The zero-order valence-corrected chi connectivity index (χ0v) is 11.6. The highest BCUT2D eigenvalue weighted by molar-refractivity contribution is 6.35. The van der Waals surface area contributed by atoms with E-state index < -0.39 is 45.5 Å². The Hall–Kier alpha value is -2.82. The van der Waals surface area contributed by atoms with Gasteiger partial charge in [-0.3, -0.25) is 4.79 Å². The van der Waals surface area contributed by atoms with Crippen LogP contribution in [0.3, 0.4) is 0 Å². The number of aromatic nitrogens is 2. The van der Waals surface area contributed by atoms with Crippen molar-refractivity contribution in [3.63, 3.8) is 0 Å². The molecule has 1 heterocycles. The summed E-state index contributed by atoms with van der Waals surface area (Å²) in [5.41, 5.74) is -0.830. The minimum Gasteiger partial charge on any atom is -0.432 e. The summed E-state index contributed by atoms with van der Waals surface area (Å²) < 4.78 is 41.7. The van der Waals surface area contributed by atoms with Crippen LogP contribution in [0.1, 0.15) is 10.5 Å². The minimum atomic E-state index is -3.25. The van der Waals surface area contributed by atoms with Gasteiger partial charge in [-0.15, -0.1) is 5.10 Å². The van der Waals surface area contributed by atoms with Crippen molar-refractivity contribution in [1.29, 1.82) is 0 Å². The molecule has 0 aliphatic carbocycles. The Labute approximate surface area is 130 Å². The molecule has 1 aromatic heterocycles. The Morgan fingerprint density at radius 2 is 2.17 bits per heavy atom. The van der Waals surface area contributed by atoms with Crippen LogP contribution in [0.2, 0.25) is 5.02 Å². The fourth-order valence-corrected chi connectivity index (χ4v) is 1.80. The highest BCUT2D eigenvalue weighted by atomic mass is 35.5. The monoisotopic (exact) mass is 350 g/mol. The topological polar surface area (TPSA) is 110 Å². The second-order valence-electron chi connectivity index (χ2n) is 3.97. The lowest BCUT2D eigenvalue weighted by atomic mass is 10.2. The van der Waals surface area contributed by atoms with Gasteiger partial charge in [0.05, 0.1) is 5.69 Å². The fraction of sp³-hybridized carbons (Fsp3) is 0.0909. The molecule has 1 amide bonds. The highest BCUT2D eigenvalue weighted by Crippen LogP contribution is 2.29. The molecule has 2 N–H and O–H groups in total. The van der Waals surface area contributed by atoms with Crippen molar-refractivity contribution in [2.75, 3.05) is 5.32 Å². The number of alkyl halides is 2. The van der Waals surface area contributed by atoms with Crippen LogP contribution >= 0.6 is 11.6 Å². The largest absolute Gasteiger partial charge is 0.432 e. The third-order valence-electron chi connectivity index (χ3n) is 2.49. The Balaban J connectivity index is 2.28. The van der Waals surface area contributed by atoms with Gasteiger partial charge in [0, 0.05) is 6.07 Å². The molecule has 0 aliphatic heterocycles. The van der Waals surface area contributed by atoms with Crippen LogP contribution in [0.15, 0.2) is 18.2 Å². The molecule has 0 fully saturated rings. The first-order valence-corrected chi connectivity index (χ1v) is 6.11. The molecule has 0 unspecified atom stereocenters. The number of halogens is 4. The second-order valence-corrected chi connectivity index (χ2v) is 4.34. The number of hydrogen-bond acceptors (Lipinski definition) is 5. The quantitative estimate of drug-likeness (QED) is 0.636. The molecule has 0 saturated heterocycles. The molecule has 2 rings (SSSR count). The first kappa shape index (κ1) is 16.5. The zero-order valence-electron chi connectivity index (χ0n) is 10.8. The molecule has 0 saturated carbocycles. The summed E-state index contributed by atoms with van der Waals surface area (Å²) in [6.45, 7) is -3.25. The van der Waals surface area contributed by atoms with E-state index in [4.69, 9.17) is 11.6 Å². The van der Waals surface area contributed by atoms with Gasteiger partial charge in [0.15, 0.2) is 16.5 Å². The SMILES string of the molecule is O=C(Nc1ccc(F)cc1OC(F)F)c1n[nH]c([N+](=O)[O-])c1Cl. The van der Waals surface area contributed by atoms with Gasteiger partial charge < -0.3 is 20.2 Å². The lowest BCUT2D eigenvalue weighted by Gasteiger charge is -2.11. The van der Waals surface area contributed by atoms with Crippen molar-refractivity contribution in [1.82, 2.24) is 10.2 Å². The molecule has 12 heteroatoms. The smallest absolute Gasteiger partial charge is 0.387 e. The number of nitrogens with zero attached hydrogens (tertiary/aromatic N) is 2. The average molecular weight is 351 g/mol. The van der Waals surface area contributed by atoms with Gasteiger partial charge in [-0.25, -0.2) is 4.39 Å². The summed E-state index contributed by atoms with van der Waals surface area (Å²) in [6.07, 6.45) is 0. The number of aromatic amines is 1. The van der Waals surface area contributed by atoms with Crippen molar-refractivity contribution in [2.24, 2.45) is 0 Å². The van der Waals surface area contributed by atoms with E-state index in [1.165, 1.54) is 0 Å². The maximum Gasteiger partial charge on any atom is 0.387 e. The molecule has 2 aromatic rings. The van der Waals surface area contributed by atoms with E-state index in [1.54, 1.807) is 0 Å². The van der Waals surface area contributed by atoms with Gasteiger partial charge in [-0.05, 0) is 17.1 Å². The third-order valence-corrected chi connectivity index (χ3v) is 2.85. The molecular weight excluding hydrogens is 345 g/mol. The number of hydrogen-bond donors (Lipinski definition) is 2.